The van der Waals surface area contributed by atoms with E-state index in [1.165, 1.54) is 0 Å². The number of anilines is 2. The Balaban J connectivity index is 1.86. The largest absolute Gasteiger partial charge is 0.338 e. The normalized spacial score (nSPS) is 10.6. The molecule has 0 radical (unpaired) electrons. The van der Waals surface area contributed by atoms with E-state index in [0.717, 1.165) is 33.5 Å². The summed E-state index contributed by atoms with van der Waals surface area (Å²) in [4.78, 5) is 0. The summed E-state index contributed by atoms with van der Waals surface area (Å²) < 4.78 is 0. The number of hydrogen-bond acceptors (Lipinski definition) is 3. The van der Waals surface area contributed by atoms with Gasteiger partial charge in [-0.25, -0.2) is 0 Å². The van der Waals surface area contributed by atoms with E-state index >= 15 is 0 Å². The first kappa shape index (κ1) is 13.5. The molecule has 1 N–H and O–H groups in total. The Bertz CT molecular complexity index is 935. The second-order valence-corrected chi connectivity index (χ2v) is 5.30. The third-order valence-electron chi connectivity index (χ3n) is 3.77. The van der Waals surface area contributed by atoms with Crippen molar-refractivity contribution in [3.63, 3.8) is 0 Å². The maximum absolute atomic E-state index is 4.46. The van der Waals surface area contributed by atoms with Crippen molar-refractivity contribution >= 4 is 22.3 Å². The van der Waals surface area contributed by atoms with Gasteiger partial charge in [0.25, 0.3) is 0 Å². The molecule has 0 aliphatic heterocycles. The molecule has 0 unspecified atom stereocenters. The first-order valence-corrected chi connectivity index (χ1v) is 7.55. The maximum atomic E-state index is 4.46. The van der Waals surface area contributed by atoms with Gasteiger partial charge in [-0.05, 0) is 12.1 Å². The van der Waals surface area contributed by atoms with Gasteiger partial charge < -0.3 is 5.32 Å². The number of fused-ring (bicyclic) bond motifs is 1. The number of rotatable bonds is 3. The highest BCUT2D eigenvalue weighted by Gasteiger charge is 2.10. The van der Waals surface area contributed by atoms with Crippen LogP contribution in [0.1, 0.15) is 0 Å². The van der Waals surface area contributed by atoms with Gasteiger partial charge in [0.1, 0.15) is 5.69 Å². The molecule has 0 saturated carbocycles. The molecule has 23 heavy (non-hydrogen) atoms. The molecule has 0 aliphatic carbocycles. The molecule has 0 amide bonds. The molecule has 4 aromatic rings. The number of nitrogens with one attached hydrogen (secondary N) is 1. The second kappa shape index (κ2) is 5.89. The number of benzene rings is 3. The molecule has 3 aromatic carbocycles. The monoisotopic (exact) mass is 297 g/mol. The summed E-state index contributed by atoms with van der Waals surface area (Å²) >= 11 is 0. The van der Waals surface area contributed by atoms with Crippen LogP contribution in [0.5, 0.6) is 0 Å². The molecule has 0 fully saturated rings. The van der Waals surface area contributed by atoms with Gasteiger partial charge in [-0.2, -0.15) is 0 Å². The zero-order valence-electron chi connectivity index (χ0n) is 12.5. The van der Waals surface area contributed by atoms with Crippen LogP contribution in [0.3, 0.4) is 0 Å². The first-order chi connectivity index (χ1) is 11.4. The minimum absolute atomic E-state index is 0.770. The molecule has 0 bridgehead atoms. The van der Waals surface area contributed by atoms with Gasteiger partial charge in [-0.1, -0.05) is 72.8 Å². The molecule has 0 atom stereocenters. The van der Waals surface area contributed by atoms with E-state index in [1.807, 2.05) is 60.7 Å². The molecule has 3 nitrogen and oxygen atoms in total. The lowest BCUT2D eigenvalue weighted by Crippen LogP contribution is -1.99. The van der Waals surface area contributed by atoms with Crippen LogP contribution in [-0.2, 0) is 0 Å². The zero-order chi connectivity index (χ0) is 15.5. The van der Waals surface area contributed by atoms with Crippen LogP contribution in [0.15, 0.2) is 84.9 Å². The third-order valence-corrected chi connectivity index (χ3v) is 3.77. The number of nitrogens with zero attached hydrogens (tertiary/aromatic N) is 2. The number of hydrogen-bond donors (Lipinski definition) is 1. The van der Waals surface area contributed by atoms with E-state index < -0.39 is 0 Å². The van der Waals surface area contributed by atoms with Crippen molar-refractivity contribution < 1.29 is 0 Å². The van der Waals surface area contributed by atoms with Crippen LogP contribution < -0.4 is 5.32 Å². The van der Waals surface area contributed by atoms with Gasteiger partial charge in [-0.3, -0.25) is 0 Å². The fourth-order valence-corrected chi connectivity index (χ4v) is 2.66. The van der Waals surface area contributed by atoms with Crippen molar-refractivity contribution in [1.82, 2.24) is 10.2 Å². The minimum atomic E-state index is 0.770. The Morgan fingerprint density at radius 1 is 0.565 bits per heavy atom. The summed E-state index contributed by atoms with van der Waals surface area (Å²) in [6.07, 6.45) is 0. The van der Waals surface area contributed by atoms with Crippen LogP contribution in [0, 0.1) is 0 Å². The van der Waals surface area contributed by atoms with Crippen LogP contribution >= 0.6 is 0 Å². The lowest BCUT2D eigenvalue weighted by atomic mass is 10.0. The minimum Gasteiger partial charge on any atom is -0.338 e. The Hall–Kier alpha value is -3.20. The quantitative estimate of drug-likeness (QED) is 0.575. The average Bonchev–Trinajstić information content (AvgIpc) is 2.64. The summed E-state index contributed by atoms with van der Waals surface area (Å²) in [5.74, 6) is 0.770. The van der Waals surface area contributed by atoms with Crippen molar-refractivity contribution in [3.8, 4) is 11.3 Å². The van der Waals surface area contributed by atoms with E-state index in [-0.39, 0.29) is 0 Å². The highest BCUT2D eigenvalue weighted by atomic mass is 15.2. The fraction of sp³-hybridized carbons (Fsp3) is 0. The van der Waals surface area contributed by atoms with Gasteiger partial charge in [0, 0.05) is 22.0 Å². The van der Waals surface area contributed by atoms with E-state index in [1.54, 1.807) is 0 Å². The van der Waals surface area contributed by atoms with Crippen molar-refractivity contribution in [3.05, 3.63) is 84.9 Å². The van der Waals surface area contributed by atoms with Gasteiger partial charge >= 0.3 is 0 Å². The molecular weight excluding hydrogens is 282 g/mol. The topological polar surface area (TPSA) is 37.8 Å². The van der Waals surface area contributed by atoms with Crippen LogP contribution in [0.2, 0.25) is 0 Å². The standard InChI is InChI=1S/C20H15N3/c1-3-9-15(10-4-1)19-17-13-7-8-14-18(17)20(23-22-19)21-16-11-5-2-6-12-16/h1-14H,(H,21,23). The second-order valence-electron chi connectivity index (χ2n) is 5.30. The summed E-state index contributed by atoms with van der Waals surface area (Å²) in [5, 5.41) is 14.4. The van der Waals surface area contributed by atoms with Gasteiger partial charge in [0.15, 0.2) is 5.82 Å². The molecular formula is C20H15N3. The van der Waals surface area contributed by atoms with Crippen molar-refractivity contribution in [2.75, 3.05) is 5.32 Å². The Morgan fingerprint density at radius 2 is 1.17 bits per heavy atom. The van der Waals surface area contributed by atoms with Crippen LogP contribution in [0.4, 0.5) is 11.5 Å². The third kappa shape index (κ3) is 2.64. The van der Waals surface area contributed by atoms with E-state index in [2.05, 4.69) is 39.8 Å². The van der Waals surface area contributed by atoms with Crippen LogP contribution in [0.25, 0.3) is 22.0 Å². The SMILES string of the molecule is c1ccc(Nc2nnc(-c3ccccc3)c3ccccc23)cc1. The molecule has 0 aliphatic rings. The molecule has 0 spiro atoms. The van der Waals surface area contributed by atoms with Gasteiger partial charge in [-0.15, -0.1) is 10.2 Å². The van der Waals surface area contributed by atoms with E-state index in [9.17, 15) is 0 Å². The smallest absolute Gasteiger partial charge is 0.161 e. The Morgan fingerprint density at radius 3 is 1.91 bits per heavy atom. The predicted molar refractivity (Wildman–Crippen MR) is 94.7 cm³/mol. The van der Waals surface area contributed by atoms with Crippen LogP contribution in [-0.4, -0.2) is 10.2 Å². The lowest BCUT2D eigenvalue weighted by molar-refractivity contribution is 1.06. The summed E-state index contributed by atoms with van der Waals surface area (Å²) in [6, 6.07) is 28.4. The average molecular weight is 297 g/mol. The molecule has 3 heteroatoms. The van der Waals surface area contributed by atoms with E-state index in [4.69, 9.17) is 0 Å². The predicted octanol–water partition coefficient (Wildman–Crippen LogP) is 5.04. The van der Waals surface area contributed by atoms with Crippen molar-refractivity contribution in [2.24, 2.45) is 0 Å². The van der Waals surface area contributed by atoms with Crippen molar-refractivity contribution in [1.29, 1.82) is 0 Å². The number of aromatic nitrogens is 2. The van der Waals surface area contributed by atoms with E-state index in [0.29, 0.717) is 0 Å². The Labute approximate surface area is 134 Å². The molecule has 4 rings (SSSR count). The Kier molecular flexibility index (Phi) is 3.45. The van der Waals surface area contributed by atoms with Gasteiger partial charge in [0.2, 0.25) is 0 Å². The summed E-state index contributed by atoms with van der Waals surface area (Å²) in [5.41, 5.74) is 2.97. The van der Waals surface area contributed by atoms with Crippen molar-refractivity contribution in [2.45, 2.75) is 0 Å². The first-order valence-electron chi connectivity index (χ1n) is 7.55. The maximum Gasteiger partial charge on any atom is 0.161 e. The molecule has 1 heterocycles. The molecule has 1 aromatic heterocycles. The lowest BCUT2D eigenvalue weighted by Gasteiger charge is -2.11. The fourth-order valence-electron chi connectivity index (χ4n) is 2.66. The molecule has 0 saturated heterocycles. The highest BCUT2D eigenvalue weighted by Crippen LogP contribution is 2.30. The van der Waals surface area contributed by atoms with Gasteiger partial charge in [0.05, 0.1) is 0 Å². The number of para-hydroxylation sites is 1. The summed E-state index contributed by atoms with van der Waals surface area (Å²) in [6.45, 7) is 0. The summed E-state index contributed by atoms with van der Waals surface area (Å²) in [7, 11) is 0. The highest BCUT2D eigenvalue weighted by molar-refractivity contribution is 6.00. The zero-order valence-corrected chi connectivity index (χ0v) is 12.5. The molecule has 110 valence electrons.